The van der Waals surface area contributed by atoms with Crippen LogP contribution in [0.5, 0.6) is 0 Å². The monoisotopic (exact) mass is 422 g/mol. The average molecular weight is 423 g/mol. The Labute approximate surface area is 179 Å². The Morgan fingerprint density at radius 1 is 0.862 bits per heavy atom. The van der Waals surface area contributed by atoms with E-state index in [1.807, 2.05) is 51.4 Å². The fourth-order valence-electron chi connectivity index (χ4n) is 4.41. The first-order valence-electron chi connectivity index (χ1n) is 9.73. The molecule has 2 aromatic carbocycles. The highest BCUT2D eigenvalue weighted by Crippen LogP contribution is 2.51. The van der Waals surface area contributed by atoms with E-state index in [1.165, 1.54) is 9.79 Å². The first-order valence-corrected chi connectivity index (χ1v) is 11.4. The lowest BCUT2D eigenvalue weighted by Crippen LogP contribution is -2.66. The van der Waals surface area contributed by atoms with Gasteiger partial charge in [-0.1, -0.05) is 53.9 Å². The molecule has 5 rings (SSSR count). The SMILES string of the molecule is C/C(=C1\Sc2ccccc2N1C)C1C([O-])C(/C=C2\Sc3ccccc3N2C)C1[O-]. The van der Waals surface area contributed by atoms with Gasteiger partial charge in [-0.3, -0.25) is 0 Å². The van der Waals surface area contributed by atoms with Gasteiger partial charge in [0, 0.05) is 23.9 Å². The molecule has 2 heterocycles. The van der Waals surface area contributed by atoms with E-state index in [0.29, 0.717) is 0 Å². The van der Waals surface area contributed by atoms with Gasteiger partial charge < -0.3 is 20.0 Å². The van der Waals surface area contributed by atoms with Crippen LogP contribution in [0.3, 0.4) is 0 Å². The molecule has 6 heteroatoms. The van der Waals surface area contributed by atoms with Crippen molar-refractivity contribution >= 4 is 34.9 Å². The van der Waals surface area contributed by atoms with Crippen LogP contribution in [0.15, 0.2) is 80.0 Å². The van der Waals surface area contributed by atoms with Crippen LogP contribution in [0.25, 0.3) is 0 Å². The summed E-state index contributed by atoms with van der Waals surface area (Å²) in [6.45, 7) is 1.96. The van der Waals surface area contributed by atoms with Crippen molar-refractivity contribution in [2.24, 2.45) is 11.8 Å². The first-order chi connectivity index (χ1) is 14.0. The molecule has 0 saturated heterocycles. The smallest absolute Gasteiger partial charge is 0.0789 e. The van der Waals surface area contributed by atoms with Gasteiger partial charge in [-0.15, -0.1) is 12.2 Å². The van der Waals surface area contributed by atoms with E-state index in [2.05, 4.69) is 34.1 Å². The lowest BCUT2D eigenvalue weighted by atomic mass is 9.66. The van der Waals surface area contributed by atoms with Crippen molar-refractivity contribution in [3.8, 4) is 0 Å². The minimum Gasteiger partial charge on any atom is -0.851 e. The minimum atomic E-state index is -0.895. The molecule has 2 aromatic rings. The molecule has 4 nitrogen and oxygen atoms in total. The number of rotatable bonds is 2. The van der Waals surface area contributed by atoms with Crippen LogP contribution in [-0.2, 0) is 0 Å². The maximum absolute atomic E-state index is 13.1. The summed E-state index contributed by atoms with van der Waals surface area (Å²) in [5, 5.41) is 28.2. The fourth-order valence-corrected chi connectivity index (χ4v) is 6.75. The summed E-state index contributed by atoms with van der Waals surface area (Å²) in [4.78, 5) is 6.53. The van der Waals surface area contributed by atoms with Crippen molar-refractivity contribution in [2.75, 3.05) is 23.9 Å². The predicted molar refractivity (Wildman–Crippen MR) is 117 cm³/mol. The maximum Gasteiger partial charge on any atom is 0.0789 e. The summed E-state index contributed by atoms with van der Waals surface area (Å²) < 4.78 is 0. The Bertz CT molecular complexity index is 1030. The summed E-state index contributed by atoms with van der Waals surface area (Å²) >= 11 is 3.30. The van der Waals surface area contributed by atoms with E-state index >= 15 is 0 Å². The van der Waals surface area contributed by atoms with Crippen LogP contribution in [0.4, 0.5) is 11.4 Å². The van der Waals surface area contributed by atoms with Gasteiger partial charge in [0.2, 0.25) is 0 Å². The molecule has 0 N–H and O–H groups in total. The number of hydrogen-bond donors (Lipinski definition) is 0. The minimum absolute atomic E-state index is 0.463. The topological polar surface area (TPSA) is 52.6 Å². The molecule has 0 spiro atoms. The molecule has 0 amide bonds. The van der Waals surface area contributed by atoms with Gasteiger partial charge in [0.05, 0.1) is 21.4 Å². The van der Waals surface area contributed by atoms with Crippen LogP contribution < -0.4 is 20.0 Å². The second kappa shape index (κ2) is 7.13. The van der Waals surface area contributed by atoms with E-state index in [4.69, 9.17) is 0 Å². The van der Waals surface area contributed by atoms with Gasteiger partial charge in [-0.25, -0.2) is 0 Å². The zero-order valence-electron chi connectivity index (χ0n) is 16.5. The number of fused-ring (bicyclic) bond motifs is 2. The van der Waals surface area contributed by atoms with E-state index in [-0.39, 0.29) is 0 Å². The zero-order valence-corrected chi connectivity index (χ0v) is 18.2. The molecule has 150 valence electrons. The molecule has 1 aliphatic carbocycles. The summed E-state index contributed by atoms with van der Waals surface area (Å²) in [6, 6.07) is 16.3. The molecular formula is C23H22N2O2S2-2. The Kier molecular flexibility index (Phi) is 4.70. The molecule has 29 heavy (non-hydrogen) atoms. The van der Waals surface area contributed by atoms with Crippen LogP contribution in [0.2, 0.25) is 0 Å². The summed E-state index contributed by atoms with van der Waals surface area (Å²) in [5.41, 5.74) is 3.19. The molecule has 0 aromatic heterocycles. The van der Waals surface area contributed by atoms with Crippen molar-refractivity contribution in [3.63, 3.8) is 0 Å². The third-order valence-electron chi connectivity index (χ3n) is 6.15. The average Bonchev–Trinajstić information content (AvgIpc) is 3.24. The Morgan fingerprint density at radius 3 is 2.00 bits per heavy atom. The van der Waals surface area contributed by atoms with E-state index < -0.39 is 24.0 Å². The van der Waals surface area contributed by atoms with Gasteiger partial charge in [-0.05, 0) is 48.6 Å². The highest BCUT2D eigenvalue weighted by atomic mass is 32.2. The van der Waals surface area contributed by atoms with E-state index in [1.54, 1.807) is 23.5 Å². The molecule has 2 aliphatic heterocycles. The molecule has 0 radical (unpaired) electrons. The second-order valence-electron chi connectivity index (χ2n) is 7.78. The van der Waals surface area contributed by atoms with Gasteiger partial charge in [0.15, 0.2) is 0 Å². The molecule has 1 saturated carbocycles. The van der Waals surface area contributed by atoms with Crippen LogP contribution >= 0.6 is 23.5 Å². The first kappa shape index (κ1) is 19.1. The van der Waals surface area contributed by atoms with Crippen molar-refractivity contribution in [1.29, 1.82) is 0 Å². The van der Waals surface area contributed by atoms with Crippen LogP contribution in [0, 0.1) is 11.8 Å². The number of nitrogens with zero attached hydrogens (tertiary/aromatic N) is 2. The highest BCUT2D eigenvalue weighted by Gasteiger charge is 2.39. The molecule has 3 aliphatic rings. The predicted octanol–water partition coefficient (Wildman–Crippen LogP) is 3.25. The van der Waals surface area contributed by atoms with Crippen molar-refractivity contribution in [3.05, 3.63) is 70.2 Å². The fraction of sp³-hybridized carbons (Fsp3) is 0.304. The number of anilines is 2. The third-order valence-corrected chi connectivity index (χ3v) is 8.69. The van der Waals surface area contributed by atoms with E-state index in [9.17, 15) is 10.2 Å². The maximum atomic E-state index is 13.1. The van der Waals surface area contributed by atoms with Gasteiger partial charge in [0.25, 0.3) is 0 Å². The Hall–Kier alpha value is -1.86. The summed E-state index contributed by atoms with van der Waals surface area (Å²) in [7, 11) is 4.01. The molecule has 2 atom stereocenters. The second-order valence-corrected chi connectivity index (χ2v) is 9.88. The molecular weight excluding hydrogens is 400 g/mol. The van der Waals surface area contributed by atoms with Gasteiger partial charge in [-0.2, -0.15) is 0 Å². The summed E-state index contributed by atoms with van der Waals surface area (Å²) in [5.74, 6) is -0.941. The lowest BCUT2D eigenvalue weighted by molar-refractivity contribution is -0.551. The van der Waals surface area contributed by atoms with Crippen molar-refractivity contribution in [1.82, 2.24) is 0 Å². The standard InChI is InChI=1S/C23H22N2O2S2/c1-13(23-25(3)16-9-5-7-11-18(16)29-23)20-21(26)14(22(20)27)12-19-24(2)15-8-4-6-10-17(15)28-19/h4-12,14,20-22H,1-3H3/q-2/b19-12-,23-13+. The van der Waals surface area contributed by atoms with E-state index in [0.717, 1.165) is 27.0 Å². The zero-order chi connectivity index (χ0) is 20.3. The quantitative estimate of drug-likeness (QED) is 0.741. The number of hydrogen-bond acceptors (Lipinski definition) is 6. The highest BCUT2D eigenvalue weighted by molar-refractivity contribution is 8.04. The Morgan fingerprint density at radius 2 is 1.41 bits per heavy atom. The normalized spacial score (nSPS) is 31.0. The van der Waals surface area contributed by atoms with Gasteiger partial charge >= 0.3 is 0 Å². The third kappa shape index (κ3) is 2.93. The molecule has 0 bridgehead atoms. The van der Waals surface area contributed by atoms with Crippen molar-refractivity contribution < 1.29 is 10.2 Å². The largest absolute Gasteiger partial charge is 0.851 e. The Balaban J connectivity index is 1.37. The van der Waals surface area contributed by atoms with Crippen LogP contribution in [-0.4, -0.2) is 26.3 Å². The number of para-hydroxylation sites is 2. The van der Waals surface area contributed by atoms with Gasteiger partial charge in [0.1, 0.15) is 0 Å². The van der Waals surface area contributed by atoms with Crippen LogP contribution in [0.1, 0.15) is 6.92 Å². The summed E-state index contributed by atoms with van der Waals surface area (Å²) in [6.07, 6.45) is 0.121. The number of benzene rings is 2. The molecule has 1 fully saturated rings. The lowest BCUT2D eigenvalue weighted by Gasteiger charge is -2.61. The molecule has 2 unspecified atom stereocenters. The van der Waals surface area contributed by atoms with Crippen molar-refractivity contribution in [2.45, 2.75) is 28.9 Å². The number of thioether (sulfide) groups is 2.